The van der Waals surface area contributed by atoms with E-state index in [-0.39, 0.29) is 23.7 Å². The zero-order valence-corrected chi connectivity index (χ0v) is 11.1. The predicted molar refractivity (Wildman–Crippen MR) is 70.2 cm³/mol. The molecule has 19 heavy (non-hydrogen) atoms. The van der Waals surface area contributed by atoms with Gasteiger partial charge in [-0.3, -0.25) is 4.79 Å². The van der Waals surface area contributed by atoms with Gasteiger partial charge in [0.05, 0.1) is 7.11 Å². The molecule has 0 aliphatic heterocycles. The Bertz CT molecular complexity index is 517. The number of hydrogen-bond acceptors (Lipinski definition) is 4. The lowest BCUT2D eigenvalue weighted by molar-refractivity contribution is -0.134. The van der Waals surface area contributed by atoms with Crippen LogP contribution in [0.2, 0.25) is 0 Å². The second kappa shape index (κ2) is 6.58. The molecule has 0 aliphatic rings. The van der Waals surface area contributed by atoms with Crippen LogP contribution in [-0.4, -0.2) is 24.2 Å². The van der Waals surface area contributed by atoms with E-state index in [4.69, 9.17) is 14.6 Å². The van der Waals surface area contributed by atoms with Gasteiger partial charge in [-0.25, -0.2) is 4.79 Å². The van der Waals surface area contributed by atoms with E-state index in [1.54, 1.807) is 25.1 Å². The van der Waals surface area contributed by atoms with Crippen molar-refractivity contribution in [3.8, 4) is 11.5 Å². The molecule has 0 atom stereocenters. The van der Waals surface area contributed by atoms with E-state index in [2.05, 4.69) is 0 Å². The number of carboxylic acid groups (broad SMARTS) is 1. The van der Waals surface area contributed by atoms with Crippen LogP contribution in [-0.2, 0) is 9.59 Å². The molecule has 0 heterocycles. The highest BCUT2D eigenvalue weighted by Gasteiger charge is 2.09. The third-order valence-corrected chi connectivity index (χ3v) is 2.42. The quantitative estimate of drug-likeness (QED) is 0.502. The standard InChI is InChI=1S/C14H16O5/c1-4-13(15)19-12-8-10(5-6-11(12)18-3)7-9(2)14(16)17/h5-8H,4H2,1-3H3,(H,16,17)/b9-7+. The molecular weight excluding hydrogens is 248 g/mol. The number of carbonyl (C=O) groups excluding carboxylic acids is 1. The Balaban J connectivity index is 3.11. The summed E-state index contributed by atoms with van der Waals surface area (Å²) < 4.78 is 10.2. The molecule has 5 nitrogen and oxygen atoms in total. The van der Waals surface area contributed by atoms with Crippen molar-refractivity contribution < 1.29 is 24.2 Å². The summed E-state index contributed by atoms with van der Waals surface area (Å²) in [7, 11) is 1.47. The van der Waals surface area contributed by atoms with Gasteiger partial charge in [-0.1, -0.05) is 13.0 Å². The first kappa shape index (κ1) is 14.8. The third kappa shape index (κ3) is 4.13. The number of methoxy groups -OCH3 is 1. The Labute approximate surface area is 111 Å². The Kier molecular flexibility index (Phi) is 5.11. The van der Waals surface area contributed by atoms with Crippen molar-refractivity contribution in [3.63, 3.8) is 0 Å². The van der Waals surface area contributed by atoms with Crippen LogP contribution in [0.15, 0.2) is 23.8 Å². The van der Waals surface area contributed by atoms with E-state index in [1.807, 2.05) is 0 Å². The molecule has 5 heteroatoms. The smallest absolute Gasteiger partial charge is 0.331 e. The zero-order valence-electron chi connectivity index (χ0n) is 11.1. The number of benzene rings is 1. The molecule has 1 rings (SSSR count). The average Bonchev–Trinajstić information content (AvgIpc) is 2.38. The summed E-state index contributed by atoms with van der Waals surface area (Å²) in [5, 5.41) is 8.82. The summed E-state index contributed by atoms with van der Waals surface area (Å²) in [5.74, 6) is -0.675. The summed E-state index contributed by atoms with van der Waals surface area (Å²) in [4.78, 5) is 22.1. The van der Waals surface area contributed by atoms with Crippen LogP contribution in [0.5, 0.6) is 11.5 Å². The van der Waals surface area contributed by atoms with Crippen molar-refractivity contribution in [1.29, 1.82) is 0 Å². The topological polar surface area (TPSA) is 72.8 Å². The van der Waals surface area contributed by atoms with Gasteiger partial charge in [0, 0.05) is 12.0 Å². The Hall–Kier alpha value is -2.30. The molecule has 1 aromatic carbocycles. The highest BCUT2D eigenvalue weighted by Crippen LogP contribution is 2.29. The summed E-state index contributed by atoms with van der Waals surface area (Å²) in [6.45, 7) is 3.18. The van der Waals surface area contributed by atoms with Gasteiger partial charge in [-0.15, -0.1) is 0 Å². The van der Waals surface area contributed by atoms with E-state index in [1.165, 1.54) is 20.1 Å². The fraction of sp³-hybridized carbons (Fsp3) is 0.286. The van der Waals surface area contributed by atoms with Gasteiger partial charge in [0.2, 0.25) is 0 Å². The molecule has 0 unspecified atom stereocenters. The van der Waals surface area contributed by atoms with E-state index in [0.29, 0.717) is 11.3 Å². The Morgan fingerprint density at radius 2 is 2.00 bits per heavy atom. The minimum atomic E-state index is -0.997. The van der Waals surface area contributed by atoms with Gasteiger partial charge in [0.1, 0.15) is 0 Å². The number of rotatable bonds is 5. The van der Waals surface area contributed by atoms with Crippen molar-refractivity contribution in [1.82, 2.24) is 0 Å². The molecule has 0 saturated heterocycles. The van der Waals surface area contributed by atoms with Crippen LogP contribution in [0.4, 0.5) is 0 Å². The average molecular weight is 264 g/mol. The number of carbonyl (C=O) groups is 2. The predicted octanol–water partition coefficient (Wildman–Crippen LogP) is 2.50. The van der Waals surface area contributed by atoms with Crippen LogP contribution in [0.25, 0.3) is 6.08 Å². The van der Waals surface area contributed by atoms with Crippen LogP contribution in [0.3, 0.4) is 0 Å². The van der Waals surface area contributed by atoms with Crippen molar-refractivity contribution in [2.75, 3.05) is 7.11 Å². The van der Waals surface area contributed by atoms with Crippen LogP contribution in [0.1, 0.15) is 25.8 Å². The maximum atomic E-state index is 11.3. The fourth-order valence-electron chi connectivity index (χ4n) is 1.37. The lowest BCUT2D eigenvalue weighted by atomic mass is 10.1. The molecule has 0 bridgehead atoms. The number of carboxylic acids is 1. The second-order valence-electron chi connectivity index (χ2n) is 3.87. The number of hydrogen-bond donors (Lipinski definition) is 1. The molecule has 0 fully saturated rings. The molecule has 0 saturated carbocycles. The first-order valence-corrected chi connectivity index (χ1v) is 5.78. The van der Waals surface area contributed by atoms with Crippen molar-refractivity contribution in [2.24, 2.45) is 0 Å². The number of esters is 1. The van der Waals surface area contributed by atoms with Gasteiger partial charge in [0.25, 0.3) is 0 Å². The molecule has 0 radical (unpaired) electrons. The van der Waals surface area contributed by atoms with Gasteiger partial charge in [-0.2, -0.15) is 0 Å². The Morgan fingerprint density at radius 1 is 1.32 bits per heavy atom. The molecule has 102 valence electrons. The van der Waals surface area contributed by atoms with Crippen molar-refractivity contribution in [2.45, 2.75) is 20.3 Å². The fourth-order valence-corrected chi connectivity index (χ4v) is 1.37. The second-order valence-corrected chi connectivity index (χ2v) is 3.87. The molecule has 1 aromatic rings. The molecule has 0 spiro atoms. The molecule has 0 amide bonds. The van der Waals surface area contributed by atoms with Crippen LogP contribution in [0, 0.1) is 0 Å². The van der Waals surface area contributed by atoms with E-state index < -0.39 is 5.97 Å². The van der Waals surface area contributed by atoms with Gasteiger partial charge in [-0.05, 0) is 30.7 Å². The van der Waals surface area contributed by atoms with E-state index >= 15 is 0 Å². The highest BCUT2D eigenvalue weighted by molar-refractivity contribution is 5.91. The van der Waals surface area contributed by atoms with Gasteiger partial charge < -0.3 is 14.6 Å². The molecular formula is C14H16O5. The normalized spacial score (nSPS) is 11.0. The first-order valence-electron chi connectivity index (χ1n) is 5.78. The maximum Gasteiger partial charge on any atom is 0.331 e. The third-order valence-electron chi connectivity index (χ3n) is 2.42. The molecule has 0 aromatic heterocycles. The van der Waals surface area contributed by atoms with Gasteiger partial charge >= 0.3 is 11.9 Å². The van der Waals surface area contributed by atoms with Crippen LogP contribution >= 0.6 is 0 Å². The lowest BCUT2D eigenvalue weighted by Gasteiger charge is -2.09. The molecule has 0 aliphatic carbocycles. The highest BCUT2D eigenvalue weighted by atomic mass is 16.6. The van der Waals surface area contributed by atoms with Crippen molar-refractivity contribution in [3.05, 3.63) is 29.3 Å². The van der Waals surface area contributed by atoms with Gasteiger partial charge in [0.15, 0.2) is 11.5 Å². The summed E-state index contributed by atoms with van der Waals surface area (Å²) >= 11 is 0. The SMILES string of the molecule is CCC(=O)Oc1cc(/C=C(\C)C(=O)O)ccc1OC. The largest absolute Gasteiger partial charge is 0.493 e. The zero-order chi connectivity index (χ0) is 14.4. The summed E-state index contributed by atoms with van der Waals surface area (Å²) in [6.07, 6.45) is 1.74. The van der Waals surface area contributed by atoms with E-state index in [0.717, 1.165) is 0 Å². The summed E-state index contributed by atoms with van der Waals surface area (Å²) in [6, 6.07) is 4.88. The van der Waals surface area contributed by atoms with Crippen LogP contribution < -0.4 is 9.47 Å². The number of aliphatic carboxylic acids is 1. The lowest BCUT2D eigenvalue weighted by Crippen LogP contribution is -2.06. The monoisotopic (exact) mass is 264 g/mol. The Morgan fingerprint density at radius 3 is 2.53 bits per heavy atom. The van der Waals surface area contributed by atoms with Crippen molar-refractivity contribution >= 4 is 18.0 Å². The maximum absolute atomic E-state index is 11.3. The minimum absolute atomic E-state index is 0.193. The minimum Gasteiger partial charge on any atom is -0.493 e. The summed E-state index contributed by atoms with van der Waals surface area (Å²) in [5.41, 5.74) is 0.817. The number of ether oxygens (including phenoxy) is 2. The van der Waals surface area contributed by atoms with E-state index in [9.17, 15) is 9.59 Å². The molecule has 1 N–H and O–H groups in total. The first-order chi connectivity index (χ1) is 8.97.